The Labute approximate surface area is 146 Å². The summed E-state index contributed by atoms with van der Waals surface area (Å²) in [4.78, 5) is 25.9. The van der Waals surface area contributed by atoms with E-state index < -0.39 is 12.0 Å². The van der Waals surface area contributed by atoms with Crippen LogP contribution in [0.4, 0.5) is 0 Å². The molecule has 1 aromatic carbocycles. The van der Waals surface area contributed by atoms with Gasteiger partial charge in [0.05, 0.1) is 11.4 Å². The minimum Gasteiger partial charge on any atom is -0.480 e. The van der Waals surface area contributed by atoms with Gasteiger partial charge in [0, 0.05) is 6.54 Å². The molecule has 1 amide bonds. The summed E-state index contributed by atoms with van der Waals surface area (Å²) in [5.41, 5.74) is 2.76. The molecule has 2 atom stereocenters. The number of likely N-dealkylation sites (tertiary alicyclic amines) is 1. The normalized spacial score (nSPS) is 20.5. The fraction of sp³-hybridized carbons (Fsp3) is 0.444. The Balaban J connectivity index is 1.90. The van der Waals surface area contributed by atoms with Crippen LogP contribution in [-0.4, -0.2) is 49.5 Å². The molecule has 1 aromatic heterocycles. The number of aryl methyl sites for hydroxylation is 1. The molecule has 25 heavy (non-hydrogen) atoms. The number of aromatic nitrogens is 3. The van der Waals surface area contributed by atoms with Crippen molar-refractivity contribution in [1.29, 1.82) is 0 Å². The van der Waals surface area contributed by atoms with Crippen LogP contribution in [0.3, 0.4) is 0 Å². The zero-order valence-corrected chi connectivity index (χ0v) is 14.6. The van der Waals surface area contributed by atoms with Crippen molar-refractivity contribution in [2.45, 2.75) is 39.7 Å². The lowest BCUT2D eigenvalue weighted by Crippen LogP contribution is -2.50. The van der Waals surface area contributed by atoms with Crippen molar-refractivity contribution < 1.29 is 14.7 Å². The quantitative estimate of drug-likeness (QED) is 0.924. The Hall–Kier alpha value is -2.70. The van der Waals surface area contributed by atoms with E-state index in [9.17, 15) is 14.7 Å². The maximum absolute atomic E-state index is 12.9. The van der Waals surface area contributed by atoms with E-state index in [0.29, 0.717) is 18.7 Å². The first kappa shape index (κ1) is 17.1. The van der Waals surface area contributed by atoms with Gasteiger partial charge in [0.25, 0.3) is 5.91 Å². The standard InChI is InChI=1S/C18H22N4O3/c1-11-4-6-14(7-5-11)22-13(3)16(19-20-22)17(23)21-9-8-12(2)10-15(21)18(24)25/h4-7,12,15H,8-10H2,1-3H3,(H,24,25). The number of carboxylic acids is 1. The van der Waals surface area contributed by atoms with Crippen LogP contribution in [0.15, 0.2) is 24.3 Å². The van der Waals surface area contributed by atoms with E-state index in [2.05, 4.69) is 10.3 Å². The molecule has 1 saturated heterocycles. The van der Waals surface area contributed by atoms with Gasteiger partial charge in [-0.3, -0.25) is 4.79 Å². The van der Waals surface area contributed by atoms with E-state index in [4.69, 9.17) is 0 Å². The number of nitrogens with zero attached hydrogens (tertiary/aromatic N) is 4. The van der Waals surface area contributed by atoms with Gasteiger partial charge in [0.2, 0.25) is 0 Å². The van der Waals surface area contributed by atoms with Crippen molar-refractivity contribution in [2.75, 3.05) is 6.54 Å². The summed E-state index contributed by atoms with van der Waals surface area (Å²) in [5.74, 6) is -1.05. The first-order valence-electron chi connectivity index (χ1n) is 8.41. The third-order valence-electron chi connectivity index (χ3n) is 4.79. The molecule has 1 N–H and O–H groups in total. The highest BCUT2D eigenvalue weighted by Gasteiger charge is 2.36. The maximum Gasteiger partial charge on any atom is 0.326 e. The molecule has 0 spiro atoms. The molecule has 3 rings (SSSR count). The number of hydrogen-bond acceptors (Lipinski definition) is 4. The fourth-order valence-electron chi connectivity index (χ4n) is 3.21. The Kier molecular flexibility index (Phi) is 4.57. The van der Waals surface area contributed by atoms with Crippen LogP contribution in [-0.2, 0) is 4.79 Å². The van der Waals surface area contributed by atoms with Crippen molar-refractivity contribution in [2.24, 2.45) is 5.92 Å². The summed E-state index contributed by atoms with van der Waals surface area (Å²) < 4.78 is 1.61. The summed E-state index contributed by atoms with van der Waals surface area (Å²) in [6.45, 7) is 6.20. The monoisotopic (exact) mass is 342 g/mol. The third-order valence-corrected chi connectivity index (χ3v) is 4.79. The molecule has 2 unspecified atom stereocenters. The first-order chi connectivity index (χ1) is 11.9. The van der Waals surface area contributed by atoms with E-state index in [1.165, 1.54) is 4.90 Å². The SMILES string of the molecule is Cc1ccc(-n2nnc(C(=O)N3CCC(C)CC3C(=O)O)c2C)cc1. The molecule has 0 radical (unpaired) electrons. The van der Waals surface area contributed by atoms with E-state index in [-0.39, 0.29) is 17.5 Å². The van der Waals surface area contributed by atoms with Crippen LogP contribution in [0, 0.1) is 19.8 Å². The maximum atomic E-state index is 12.9. The zero-order valence-electron chi connectivity index (χ0n) is 14.6. The molecule has 1 fully saturated rings. The van der Waals surface area contributed by atoms with Gasteiger partial charge in [-0.15, -0.1) is 5.10 Å². The molecule has 7 nitrogen and oxygen atoms in total. The Morgan fingerprint density at radius 1 is 1.20 bits per heavy atom. The predicted molar refractivity (Wildman–Crippen MR) is 91.7 cm³/mol. The lowest BCUT2D eigenvalue weighted by atomic mass is 9.92. The van der Waals surface area contributed by atoms with Gasteiger partial charge >= 0.3 is 5.97 Å². The predicted octanol–water partition coefficient (Wildman–Crippen LogP) is 2.21. The van der Waals surface area contributed by atoms with E-state index >= 15 is 0 Å². The first-order valence-corrected chi connectivity index (χ1v) is 8.41. The van der Waals surface area contributed by atoms with Crippen molar-refractivity contribution in [3.05, 3.63) is 41.2 Å². The Morgan fingerprint density at radius 2 is 1.88 bits per heavy atom. The lowest BCUT2D eigenvalue weighted by molar-refractivity contribution is -0.144. The van der Waals surface area contributed by atoms with Gasteiger partial charge in [-0.25, -0.2) is 9.48 Å². The van der Waals surface area contributed by atoms with Crippen LogP contribution in [0.2, 0.25) is 0 Å². The molecule has 1 aliphatic rings. The van der Waals surface area contributed by atoms with Crippen LogP contribution in [0.1, 0.15) is 41.5 Å². The van der Waals surface area contributed by atoms with Gasteiger partial charge < -0.3 is 10.0 Å². The topological polar surface area (TPSA) is 88.3 Å². The number of amides is 1. The number of aliphatic carboxylic acids is 1. The molecular formula is C18H22N4O3. The summed E-state index contributed by atoms with van der Waals surface area (Å²) in [7, 11) is 0. The number of carbonyl (C=O) groups is 2. The van der Waals surface area contributed by atoms with Crippen LogP contribution >= 0.6 is 0 Å². The summed E-state index contributed by atoms with van der Waals surface area (Å²) in [6.07, 6.45) is 1.26. The molecule has 2 aromatic rings. The molecule has 2 heterocycles. The van der Waals surface area contributed by atoms with Gasteiger partial charge in [-0.05, 0) is 44.7 Å². The summed E-state index contributed by atoms with van der Waals surface area (Å²) in [6, 6.07) is 6.94. The van der Waals surface area contributed by atoms with Crippen molar-refractivity contribution >= 4 is 11.9 Å². The van der Waals surface area contributed by atoms with Gasteiger partial charge in [-0.1, -0.05) is 29.8 Å². The Bertz CT molecular complexity index is 797. The summed E-state index contributed by atoms with van der Waals surface area (Å²) >= 11 is 0. The number of carbonyl (C=O) groups excluding carboxylic acids is 1. The highest BCUT2D eigenvalue weighted by atomic mass is 16.4. The second-order valence-corrected chi connectivity index (χ2v) is 6.75. The third kappa shape index (κ3) is 3.26. The highest BCUT2D eigenvalue weighted by molar-refractivity contribution is 5.96. The number of rotatable bonds is 3. The zero-order chi connectivity index (χ0) is 18.1. The molecule has 1 aliphatic heterocycles. The second kappa shape index (κ2) is 6.66. The molecule has 0 aliphatic carbocycles. The Morgan fingerprint density at radius 3 is 2.52 bits per heavy atom. The number of benzene rings is 1. The van der Waals surface area contributed by atoms with Crippen molar-refractivity contribution in [3.8, 4) is 5.69 Å². The average Bonchev–Trinajstić information content (AvgIpc) is 2.96. The number of hydrogen-bond donors (Lipinski definition) is 1. The number of piperidine rings is 1. The smallest absolute Gasteiger partial charge is 0.326 e. The van der Waals surface area contributed by atoms with E-state index in [1.807, 2.05) is 38.1 Å². The van der Waals surface area contributed by atoms with Crippen LogP contribution < -0.4 is 0 Å². The lowest BCUT2D eigenvalue weighted by Gasteiger charge is -2.35. The largest absolute Gasteiger partial charge is 0.480 e. The summed E-state index contributed by atoms with van der Waals surface area (Å²) in [5, 5.41) is 17.6. The van der Waals surface area contributed by atoms with E-state index in [0.717, 1.165) is 17.7 Å². The molecule has 0 saturated carbocycles. The van der Waals surface area contributed by atoms with E-state index in [1.54, 1.807) is 11.6 Å². The minimum absolute atomic E-state index is 0.210. The second-order valence-electron chi connectivity index (χ2n) is 6.75. The van der Waals surface area contributed by atoms with Crippen LogP contribution in [0.25, 0.3) is 5.69 Å². The van der Waals surface area contributed by atoms with Crippen molar-refractivity contribution in [3.63, 3.8) is 0 Å². The molecular weight excluding hydrogens is 320 g/mol. The van der Waals surface area contributed by atoms with Crippen LogP contribution in [0.5, 0.6) is 0 Å². The molecule has 132 valence electrons. The number of carboxylic acid groups (broad SMARTS) is 1. The molecule has 0 bridgehead atoms. The van der Waals surface area contributed by atoms with Crippen molar-refractivity contribution in [1.82, 2.24) is 19.9 Å². The average molecular weight is 342 g/mol. The van der Waals surface area contributed by atoms with Gasteiger partial charge in [-0.2, -0.15) is 0 Å². The highest BCUT2D eigenvalue weighted by Crippen LogP contribution is 2.25. The van der Waals surface area contributed by atoms with Gasteiger partial charge in [0.15, 0.2) is 5.69 Å². The molecule has 7 heteroatoms. The minimum atomic E-state index is -0.969. The van der Waals surface area contributed by atoms with Gasteiger partial charge in [0.1, 0.15) is 6.04 Å². The fourth-order valence-corrected chi connectivity index (χ4v) is 3.21.